The number of benzene rings is 2. The average Bonchev–Trinajstić information content (AvgIpc) is 2.55. The molecule has 1 heterocycles. The molecule has 2 aromatic carbocycles. The second-order valence-corrected chi connectivity index (χ2v) is 6.46. The van der Waals surface area contributed by atoms with Crippen molar-refractivity contribution in [2.45, 2.75) is 20.5 Å². The van der Waals surface area contributed by atoms with Gasteiger partial charge in [-0.25, -0.2) is 0 Å². The molecule has 4 heteroatoms. The van der Waals surface area contributed by atoms with Crippen molar-refractivity contribution in [3.63, 3.8) is 0 Å². The molecule has 0 N–H and O–H groups in total. The van der Waals surface area contributed by atoms with Crippen LogP contribution in [0.15, 0.2) is 54.6 Å². The van der Waals surface area contributed by atoms with Crippen LogP contribution in [0.25, 0.3) is 0 Å². The molecule has 0 spiro atoms. The Balaban J connectivity index is 1.56. The fourth-order valence-electron chi connectivity index (χ4n) is 2.35. The molecule has 1 saturated heterocycles. The summed E-state index contributed by atoms with van der Waals surface area (Å²) in [6, 6.07) is 18.1. The second-order valence-electron chi connectivity index (χ2n) is 6.46. The van der Waals surface area contributed by atoms with Crippen molar-refractivity contribution in [1.29, 1.82) is 0 Å². The van der Waals surface area contributed by atoms with Crippen molar-refractivity contribution in [3.05, 3.63) is 60.2 Å². The van der Waals surface area contributed by atoms with E-state index in [1.54, 1.807) is 0 Å². The Morgan fingerprint density at radius 3 is 2.23 bits per heavy atom. The smallest absolute Gasteiger partial charge is 0.489 e. The van der Waals surface area contributed by atoms with Gasteiger partial charge < -0.3 is 14.0 Å². The lowest BCUT2D eigenvalue weighted by Crippen LogP contribution is -2.47. The second kappa shape index (κ2) is 6.55. The third-order valence-corrected chi connectivity index (χ3v) is 3.65. The summed E-state index contributed by atoms with van der Waals surface area (Å²) in [5, 5.41) is 0. The molecule has 0 unspecified atom stereocenters. The predicted molar refractivity (Wildman–Crippen MR) is 88.3 cm³/mol. The molecule has 1 aliphatic heterocycles. The Kier molecular flexibility index (Phi) is 4.51. The molecular formula is C18H21BO3. The first-order chi connectivity index (χ1) is 10.6. The summed E-state index contributed by atoms with van der Waals surface area (Å²) in [6.45, 7) is 6.28. The number of hydrogen-bond acceptors (Lipinski definition) is 3. The van der Waals surface area contributed by atoms with E-state index in [0.717, 1.165) is 16.8 Å². The van der Waals surface area contributed by atoms with Gasteiger partial charge in [0.1, 0.15) is 12.4 Å². The van der Waals surface area contributed by atoms with E-state index in [-0.39, 0.29) is 12.5 Å². The summed E-state index contributed by atoms with van der Waals surface area (Å²) in [4.78, 5) is 0. The monoisotopic (exact) mass is 296 g/mol. The lowest BCUT2D eigenvalue weighted by atomic mass is 9.76. The molecule has 1 fully saturated rings. The van der Waals surface area contributed by atoms with E-state index in [4.69, 9.17) is 14.0 Å². The molecule has 0 aliphatic carbocycles. The standard InChI is InChI=1S/C18H21BO3/c1-18(2)13-21-19(22-14-18)16-8-10-17(11-9-16)20-12-15-6-4-3-5-7-15/h3-11H,12-14H2,1-2H3. The maximum absolute atomic E-state index is 5.79. The predicted octanol–water partition coefficient (Wildman–Crippen LogP) is 3.03. The quantitative estimate of drug-likeness (QED) is 0.812. The van der Waals surface area contributed by atoms with Crippen molar-refractivity contribution < 1.29 is 14.0 Å². The molecule has 1 aliphatic rings. The summed E-state index contributed by atoms with van der Waals surface area (Å²) < 4.78 is 17.4. The molecular weight excluding hydrogens is 275 g/mol. The van der Waals surface area contributed by atoms with Crippen molar-refractivity contribution in [3.8, 4) is 5.75 Å². The highest BCUT2D eigenvalue weighted by molar-refractivity contribution is 6.61. The Bertz CT molecular complexity index is 585. The van der Waals surface area contributed by atoms with Gasteiger partial charge in [0.05, 0.1) is 0 Å². The van der Waals surface area contributed by atoms with E-state index in [1.165, 1.54) is 0 Å². The third-order valence-electron chi connectivity index (χ3n) is 3.65. The van der Waals surface area contributed by atoms with Gasteiger partial charge in [-0.3, -0.25) is 0 Å². The van der Waals surface area contributed by atoms with Gasteiger partial charge >= 0.3 is 7.12 Å². The fraction of sp³-hybridized carbons (Fsp3) is 0.333. The zero-order valence-corrected chi connectivity index (χ0v) is 13.1. The van der Waals surface area contributed by atoms with Crippen LogP contribution < -0.4 is 10.2 Å². The minimum Gasteiger partial charge on any atom is -0.489 e. The zero-order valence-electron chi connectivity index (χ0n) is 13.1. The van der Waals surface area contributed by atoms with E-state index in [0.29, 0.717) is 19.8 Å². The van der Waals surface area contributed by atoms with Crippen molar-refractivity contribution in [2.24, 2.45) is 5.41 Å². The fourth-order valence-corrected chi connectivity index (χ4v) is 2.35. The summed E-state index contributed by atoms with van der Waals surface area (Å²) >= 11 is 0. The van der Waals surface area contributed by atoms with Crippen LogP contribution in [0.4, 0.5) is 0 Å². The van der Waals surface area contributed by atoms with Crippen LogP contribution in [0.5, 0.6) is 5.75 Å². The van der Waals surface area contributed by atoms with Crippen LogP contribution in [0.3, 0.4) is 0 Å². The molecule has 0 saturated carbocycles. The molecule has 0 aromatic heterocycles. The van der Waals surface area contributed by atoms with Gasteiger partial charge in [0.25, 0.3) is 0 Å². The van der Waals surface area contributed by atoms with Crippen LogP contribution >= 0.6 is 0 Å². The van der Waals surface area contributed by atoms with Crippen LogP contribution in [-0.2, 0) is 15.9 Å². The maximum atomic E-state index is 5.79. The Morgan fingerprint density at radius 2 is 1.59 bits per heavy atom. The number of ether oxygens (including phenoxy) is 1. The zero-order chi connectivity index (χ0) is 15.4. The highest BCUT2D eigenvalue weighted by atomic mass is 16.6. The van der Waals surface area contributed by atoms with Crippen LogP contribution in [0.1, 0.15) is 19.4 Å². The molecule has 0 radical (unpaired) electrons. The number of rotatable bonds is 4. The minimum atomic E-state index is -0.267. The van der Waals surface area contributed by atoms with Crippen molar-refractivity contribution in [2.75, 3.05) is 13.2 Å². The average molecular weight is 296 g/mol. The SMILES string of the molecule is CC1(C)COB(c2ccc(OCc3ccccc3)cc2)OC1. The Morgan fingerprint density at radius 1 is 0.955 bits per heavy atom. The van der Waals surface area contributed by atoms with Crippen LogP contribution in [0.2, 0.25) is 0 Å². The first-order valence-electron chi connectivity index (χ1n) is 7.62. The Hall–Kier alpha value is -1.78. The van der Waals surface area contributed by atoms with Crippen LogP contribution in [-0.4, -0.2) is 20.3 Å². The minimum absolute atomic E-state index is 0.0925. The summed E-state index contributed by atoms with van der Waals surface area (Å²) in [7, 11) is -0.267. The molecule has 22 heavy (non-hydrogen) atoms. The first-order valence-corrected chi connectivity index (χ1v) is 7.62. The molecule has 0 bridgehead atoms. The van der Waals surface area contributed by atoms with Gasteiger partial charge in [0.15, 0.2) is 0 Å². The summed E-state index contributed by atoms with van der Waals surface area (Å²) in [6.07, 6.45) is 0. The highest BCUT2D eigenvalue weighted by Gasteiger charge is 2.33. The largest absolute Gasteiger partial charge is 0.493 e. The molecule has 3 nitrogen and oxygen atoms in total. The van der Waals surface area contributed by atoms with Gasteiger partial charge in [-0.1, -0.05) is 56.3 Å². The lowest BCUT2D eigenvalue weighted by Gasteiger charge is -2.33. The van der Waals surface area contributed by atoms with Gasteiger partial charge in [0.2, 0.25) is 0 Å². The first kappa shape index (κ1) is 15.1. The third kappa shape index (κ3) is 3.90. The number of hydrogen-bond donors (Lipinski definition) is 0. The summed E-state index contributed by atoms with van der Waals surface area (Å²) in [5.74, 6) is 0.851. The van der Waals surface area contributed by atoms with Gasteiger partial charge in [0, 0.05) is 18.6 Å². The van der Waals surface area contributed by atoms with E-state index in [9.17, 15) is 0 Å². The lowest BCUT2D eigenvalue weighted by molar-refractivity contribution is 0.0343. The normalized spacial score (nSPS) is 17.3. The van der Waals surface area contributed by atoms with Crippen molar-refractivity contribution in [1.82, 2.24) is 0 Å². The van der Waals surface area contributed by atoms with Gasteiger partial charge in [-0.15, -0.1) is 0 Å². The molecule has 3 rings (SSSR count). The molecule has 0 amide bonds. The van der Waals surface area contributed by atoms with E-state index in [2.05, 4.69) is 26.0 Å². The van der Waals surface area contributed by atoms with E-state index in [1.807, 2.05) is 42.5 Å². The topological polar surface area (TPSA) is 27.7 Å². The van der Waals surface area contributed by atoms with Crippen LogP contribution in [0, 0.1) is 5.41 Å². The highest BCUT2D eigenvalue weighted by Crippen LogP contribution is 2.21. The molecule has 2 aromatic rings. The van der Waals surface area contributed by atoms with Gasteiger partial charge in [-0.2, -0.15) is 0 Å². The Labute approximate surface area is 132 Å². The van der Waals surface area contributed by atoms with E-state index < -0.39 is 0 Å². The molecule has 0 atom stereocenters. The summed E-state index contributed by atoms with van der Waals surface area (Å²) in [5.41, 5.74) is 2.28. The maximum Gasteiger partial charge on any atom is 0.493 e. The van der Waals surface area contributed by atoms with Crippen molar-refractivity contribution >= 4 is 12.6 Å². The molecule has 114 valence electrons. The van der Waals surface area contributed by atoms with E-state index >= 15 is 0 Å². The van der Waals surface area contributed by atoms with Gasteiger partial charge in [-0.05, 0) is 23.2 Å².